The van der Waals surface area contributed by atoms with Crippen LogP contribution in [0.1, 0.15) is 42.8 Å². The topological polar surface area (TPSA) is 53.1 Å². The van der Waals surface area contributed by atoms with Crippen LogP contribution in [0.5, 0.6) is 0 Å². The van der Waals surface area contributed by atoms with Gasteiger partial charge in [0.05, 0.1) is 21.6 Å². The van der Waals surface area contributed by atoms with Gasteiger partial charge in [-0.2, -0.15) is 13.2 Å². The van der Waals surface area contributed by atoms with Crippen LogP contribution in [0.3, 0.4) is 0 Å². The number of hydrogen-bond donors (Lipinski definition) is 2. The van der Waals surface area contributed by atoms with Crippen molar-refractivity contribution in [1.29, 1.82) is 0 Å². The van der Waals surface area contributed by atoms with Gasteiger partial charge >= 0.3 is 6.18 Å². The van der Waals surface area contributed by atoms with Gasteiger partial charge in [0.25, 0.3) is 0 Å². The molecule has 2 atom stereocenters. The molecule has 0 amide bonds. The predicted molar refractivity (Wildman–Crippen MR) is 141 cm³/mol. The second-order valence-corrected chi connectivity index (χ2v) is 13.5. The minimum Gasteiger partial charge on any atom is -0.380 e. The minimum atomic E-state index is -4.51. The van der Waals surface area contributed by atoms with E-state index in [1.807, 2.05) is 6.07 Å². The number of halogens is 3. The third kappa shape index (κ3) is 3.88. The second-order valence-electron chi connectivity index (χ2n) is 12.4. The smallest absolute Gasteiger partial charge is 0.380 e. The fraction of sp³-hybridized carbons (Fsp3) is 0.571. The number of piperidine rings is 1. The Kier molecular flexibility index (Phi) is 5.09. The molecule has 2 unspecified atom stereocenters. The Labute approximate surface area is 218 Å². The fourth-order valence-corrected chi connectivity index (χ4v) is 8.24. The molecule has 4 fully saturated rings. The van der Waals surface area contributed by atoms with Crippen LogP contribution in [0.15, 0.2) is 24.4 Å². The first-order chi connectivity index (χ1) is 17.5. The molecule has 5 nitrogen and oxygen atoms in total. The van der Waals surface area contributed by atoms with E-state index >= 15 is 0 Å². The first-order valence-corrected chi connectivity index (χ1v) is 14.0. The summed E-state index contributed by atoms with van der Waals surface area (Å²) in [5.74, 6) is 1.56. The summed E-state index contributed by atoms with van der Waals surface area (Å²) < 4.78 is 42.4. The van der Waals surface area contributed by atoms with E-state index in [0.29, 0.717) is 27.8 Å². The highest BCUT2D eigenvalue weighted by Crippen LogP contribution is 2.62. The molecule has 1 spiro atoms. The zero-order chi connectivity index (χ0) is 25.7. The van der Waals surface area contributed by atoms with Gasteiger partial charge in [0.2, 0.25) is 0 Å². The number of alkyl halides is 3. The van der Waals surface area contributed by atoms with Crippen molar-refractivity contribution in [2.24, 2.45) is 22.7 Å². The lowest BCUT2D eigenvalue weighted by molar-refractivity contribution is -0.141. The van der Waals surface area contributed by atoms with Gasteiger partial charge < -0.3 is 10.6 Å². The summed E-state index contributed by atoms with van der Waals surface area (Å²) in [6, 6.07) is 5.34. The molecule has 7 rings (SSSR count). The molecule has 2 aliphatic carbocycles. The zero-order valence-electron chi connectivity index (χ0n) is 21.4. The maximum Gasteiger partial charge on any atom is 0.433 e. The van der Waals surface area contributed by atoms with E-state index < -0.39 is 11.9 Å². The van der Waals surface area contributed by atoms with Gasteiger partial charge in [0, 0.05) is 55.4 Å². The van der Waals surface area contributed by atoms with Crippen molar-refractivity contribution in [2.45, 2.75) is 52.4 Å². The molecule has 2 aliphatic heterocycles. The van der Waals surface area contributed by atoms with Crippen LogP contribution in [0.4, 0.5) is 18.9 Å². The molecule has 0 aromatic carbocycles. The molecule has 3 aromatic rings. The number of rotatable bonds is 5. The molecule has 5 heterocycles. The largest absolute Gasteiger partial charge is 0.433 e. The Balaban J connectivity index is 1.23. The van der Waals surface area contributed by atoms with Crippen LogP contribution >= 0.6 is 11.3 Å². The number of nitrogens with zero attached hydrogens (tertiary/aromatic N) is 3. The molecule has 37 heavy (non-hydrogen) atoms. The van der Waals surface area contributed by atoms with E-state index in [0.717, 1.165) is 73.2 Å². The minimum absolute atomic E-state index is 0.250. The summed E-state index contributed by atoms with van der Waals surface area (Å²) in [7, 11) is 0. The molecular formula is C28H32F3N5S. The highest BCUT2D eigenvalue weighted by molar-refractivity contribution is 7.19. The Morgan fingerprint density at radius 1 is 1.16 bits per heavy atom. The van der Waals surface area contributed by atoms with Crippen LogP contribution in [0, 0.1) is 29.6 Å². The van der Waals surface area contributed by atoms with Crippen molar-refractivity contribution >= 4 is 27.2 Å². The number of hydrogen-bond acceptors (Lipinski definition) is 6. The van der Waals surface area contributed by atoms with E-state index in [-0.39, 0.29) is 6.04 Å². The van der Waals surface area contributed by atoms with E-state index in [1.54, 1.807) is 24.5 Å². The summed E-state index contributed by atoms with van der Waals surface area (Å²) in [5.41, 5.74) is 3.20. The number of nitrogens with one attached hydrogen (secondary N) is 2. The van der Waals surface area contributed by atoms with Crippen molar-refractivity contribution in [2.75, 3.05) is 31.5 Å². The standard InChI is InChI=1S/C28H32F3N5S/c1-15-6-22(28(29,30)31)35-24(23(15)34-16-8-27(9-16)13-32-14-27)18-4-5-33-21-7-17(37-25(18)21)10-36-11-19-20(12-36)26(19,2)3/h4-7,16,19-20,32,34H,8-14H2,1-3H3. The van der Waals surface area contributed by atoms with Gasteiger partial charge in [-0.15, -0.1) is 11.3 Å². The molecule has 2 saturated carbocycles. The summed E-state index contributed by atoms with van der Waals surface area (Å²) in [5, 5.41) is 6.93. The van der Waals surface area contributed by atoms with E-state index in [4.69, 9.17) is 0 Å². The van der Waals surface area contributed by atoms with Crippen molar-refractivity contribution < 1.29 is 13.2 Å². The van der Waals surface area contributed by atoms with E-state index in [1.165, 1.54) is 10.9 Å². The van der Waals surface area contributed by atoms with Gasteiger partial charge in [0.1, 0.15) is 5.69 Å². The van der Waals surface area contributed by atoms with E-state index in [9.17, 15) is 13.2 Å². The van der Waals surface area contributed by atoms with Gasteiger partial charge in [-0.1, -0.05) is 13.8 Å². The number of aryl methyl sites for hydroxylation is 1. The van der Waals surface area contributed by atoms with Gasteiger partial charge in [-0.3, -0.25) is 9.88 Å². The molecule has 196 valence electrons. The number of anilines is 1. The Bertz CT molecular complexity index is 1370. The molecule has 9 heteroatoms. The Morgan fingerprint density at radius 2 is 1.89 bits per heavy atom. The molecule has 2 N–H and O–H groups in total. The maximum atomic E-state index is 13.8. The SMILES string of the molecule is Cc1cc(C(F)(F)F)nc(-c2ccnc3cc(CN4CC5C(C4)C5(C)C)sc23)c1NC1CC2(CNC2)C1. The van der Waals surface area contributed by atoms with Crippen LogP contribution in [0.2, 0.25) is 0 Å². The first-order valence-electron chi connectivity index (χ1n) is 13.2. The number of fused-ring (bicyclic) bond motifs is 2. The average Bonchev–Trinajstić information content (AvgIpc) is 3.17. The number of pyridine rings is 2. The lowest BCUT2D eigenvalue weighted by atomic mass is 9.61. The van der Waals surface area contributed by atoms with Gasteiger partial charge in [-0.05, 0) is 66.2 Å². The van der Waals surface area contributed by atoms with Crippen LogP contribution < -0.4 is 10.6 Å². The Morgan fingerprint density at radius 3 is 2.54 bits per heavy atom. The monoisotopic (exact) mass is 527 g/mol. The molecule has 0 radical (unpaired) electrons. The molecule has 2 saturated heterocycles. The normalized spacial score (nSPS) is 27.7. The quantitative estimate of drug-likeness (QED) is 0.430. The number of thiophene rings is 1. The van der Waals surface area contributed by atoms with E-state index in [2.05, 4.69) is 45.4 Å². The molecule has 0 bridgehead atoms. The summed E-state index contributed by atoms with van der Waals surface area (Å²) in [4.78, 5) is 12.5. The third-order valence-corrected chi connectivity index (χ3v) is 10.7. The number of aromatic nitrogens is 2. The van der Waals surface area contributed by atoms with Crippen molar-refractivity contribution in [3.05, 3.63) is 40.5 Å². The Hall–Kier alpha value is -2.23. The van der Waals surface area contributed by atoms with Crippen LogP contribution in [0.25, 0.3) is 21.5 Å². The number of likely N-dealkylation sites (tertiary alicyclic amines) is 1. The zero-order valence-corrected chi connectivity index (χ0v) is 22.2. The second kappa shape index (κ2) is 7.90. The summed E-state index contributed by atoms with van der Waals surface area (Å²) in [6.07, 6.45) is -0.749. The average molecular weight is 528 g/mol. The van der Waals surface area contributed by atoms with Crippen molar-refractivity contribution in [1.82, 2.24) is 20.2 Å². The highest BCUT2D eigenvalue weighted by Gasteiger charge is 2.61. The molecular weight excluding hydrogens is 495 g/mol. The summed E-state index contributed by atoms with van der Waals surface area (Å²) >= 11 is 1.64. The molecule has 3 aromatic heterocycles. The lowest BCUT2D eigenvalue weighted by Gasteiger charge is -2.54. The van der Waals surface area contributed by atoms with Crippen molar-refractivity contribution in [3.63, 3.8) is 0 Å². The van der Waals surface area contributed by atoms with Gasteiger partial charge in [-0.25, -0.2) is 4.98 Å². The maximum absolute atomic E-state index is 13.8. The predicted octanol–water partition coefficient (Wildman–Crippen LogP) is 5.94. The lowest BCUT2D eigenvalue weighted by Crippen LogP contribution is -2.63. The fourth-order valence-electron chi connectivity index (χ4n) is 7.07. The van der Waals surface area contributed by atoms with Gasteiger partial charge in [0.15, 0.2) is 0 Å². The van der Waals surface area contributed by atoms with Crippen LogP contribution in [-0.4, -0.2) is 47.1 Å². The van der Waals surface area contributed by atoms with Crippen LogP contribution in [-0.2, 0) is 12.7 Å². The molecule has 4 aliphatic rings. The summed E-state index contributed by atoms with van der Waals surface area (Å²) in [6.45, 7) is 11.6. The highest BCUT2D eigenvalue weighted by atomic mass is 32.1. The third-order valence-electron chi connectivity index (χ3n) is 9.51. The van der Waals surface area contributed by atoms with Crippen molar-refractivity contribution in [3.8, 4) is 11.3 Å². The first kappa shape index (κ1) is 23.9.